The summed E-state index contributed by atoms with van der Waals surface area (Å²) in [5.41, 5.74) is 0.788. The Labute approximate surface area is 77.7 Å². The molecule has 1 aromatic rings. The van der Waals surface area contributed by atoms with Crippen LogP contribution in [0, 0.1) is 0 Å². The Bertz CT molecular complexity index is 272. The van der Waals surface area contributed by atoms with Crippen molar-refractivity contribution in [3.8, 4) is 0 Å². The molecule has 0 unspecified atom stereocenters. The van der Waals surface area contributed by atoms with E-state index in [1.807, 2.05) is 30.3 Å². The summed E-state index contributed by atoms with van der Waals surface area (Å²) in [6, 6.07) is 9.30. The lowest BCUT2D eigenvalue weighted by molar-refractivity contribution is -0.124. The van der Waals surface area contributed by atoms with E-state index in [1.54, 1.807) is 6.92 Å². The monoisotopic (exact) mass is 179 g/mol. The lowest BCUT2D eigenvalue weighted by Gasteiger charge is -2.09. The van der Waals surface area contributed by atoms with Crippen molar-refractivity contribution in [2.45, 2.75) is 13.0 Å². The van der Waals surface area contributed by atoms with Crippen LogP contribution in [0.25, 0.3) is 0 Å². The van der Waals surface area contributed by atoms with E-state index in [0.717, 1.165) is 5.69 Å². The topological polar surface area (TPSA) is 38.3 Å². The molecule has 3 heteroatoms. The van der Waals surface area contributed by atoms with E-state index >= 15 is 0 Å². The molecule has 0 aliphatic rings. The SMILES string of the molecule is CO[C@H](C)C(=O)Nc1ccccc1. The molecule has 1 amide bonds. The van der Waals surface area contributed by atoms with Crippen LogP contribution in [0.3, 0.4) is 0 Å². The molecular formula is C10H13NO2. The van der Waals surface area contributed by atoms with E-state index in [9.17, 15) is 4.79 Å². The molecule has 1 aromatic carbocycles. The average molecular weight is 179 g/mol. The highest BCUT2D eigenvalue weighted by Crippen LogP contribution is 2.05. The Morgan fingerprint density at radius 1 is 1.38 bits per heavy atom. The molecule has 0 aliphatic carbocycles. The second kappa shape index (κ2) is 4.62. The molecule has 3 nitrogen and oxygen atoms in total. The summed E-state index contributed by atoms with van der Waals surface area (Å²) in [5, 5.41) is 2.73. The number of benzene rings is 1. The third-order valence-electron chi connectivity index (χ3n) is 1.76. The lowest BCUT2D eigenvalue weighted by Crippen LogP contribution is -2.26. The van der Waals surface area contributed by atoms with Crippen LogP contribution in [-0.4, -0.2) is 19.1 Å². The number of rotatable bonds is 3. The van der Waals surface area contributed by atoms with Gasteiger partial charge in [-0.3, -0.25) is 4.79 Å². The predicted molar refractivity (Wildman–Crippen MR) is 51.5 cm³/mol. The molecule has 0 saturated heterocycles. The minimum absolute atomic E-state index is 0.131. The van der Waals surface area contributed by atoms with Crippen LogP contribution in [0.15, 0.2) is 30.3 Å². The van der Waals surface area contributed by atoms with Crippen molar-refractivity contribution < 1.29 is 9.53 Å². The largest absolute Gasteiger partial charge is 0.372 e. The number of ether oxygens (including phenoxy) is 1. The maximum absolute atomic E-state index is 11.3. The fraction of sp³-hybridized carbons (Fsp3) is 0.300. The molecule has 13 heavy (non-hydrogen) atoms. The maximum atomic E-state index is 11.3. The molecule has 0 aliphatic heterocycles. The fourth-order valence-corrected chi connectivity index (χ4v) is 0.872. The molecular weight excluding hydrogens is 166 g/mol. The minimum Gasteiger partial charge on any atom is -0.372 e. The van der Waals surface area contributed by atoms with Gasteiger partial charge in [0.25, 0.3) is 5.91 Å². The number of methoxy groups -OCH3 is 1. The molecule has 0 saturated carbocycles. The van der Waals surface area contributed by atoms with Crippen LogP contribution < -0.4 is 5.32 Å². The molecule has 0 aromatic heterocycles. The van der Waals surface area contributed by atoms with Crippen molar-refractivity contribution in [3.05, 3.63) is 30.3 Å². The number of carbonyl (C=O) groups is 1. The smallest absolute Gasteiger partial charge is 0.253 e. The Kier molecular flexibility index (Phi) is 3.46. The zero-order valence-electron chi connectivity index (χ0n) is 7.78. The molecule has 0 radical (unpaired) electrons. The third kappa shape index (κ3) is 2.87. The Balaban J connectivity index is 2.55. The number of para-hydroxylation sites is 1. The van der Waals surface area contributed by atoms with Crippen LogP contribution >= 0.6 is 0 Å². The average Bonchev–Trinajstić information content (AvgIpc) is 2.18. The summed E-state index contributed by atoms with van der Waals surface area (Å²) in [6.07, 6.45) is -0.416. The first-order valence-electron chi connectivity index (χ1n) is 4.12. The zero-order valence-corrected chi connectivity index (χ0v) is 7.78. The van der Waals surface area contributed by atoms with E-state index in [1.165, 1.54) is 7.11 Å². The number of amides is 1. The number of hydrogen-bond donors (Lipinski definition) is 1. The van der Waals surface area contributed by atoms with Crippen molar-refractivity contribution in [1.82, 2.24) is 0 Å². The first-order chi connectivity index (χ1) is 6.24. The van der Waals surface area contributed by atoms with E-state index in [2.05, 4.69) is 5.32 Å². The molecule has 1 rings (SSSR count). The number of anilines is 1. The molecule has 0 heterocycles. The predicted octanol–water partition coefficient (Wildman–Crippen LogP) is 1.66. The van der Waals surface area contributed by atoms with Crippen LogP contribution in [0.1, 0.15) is 6.92 Å². The summed E-state index contributed by atoms with van der Waals surface area (Å²) in [6.45, 7) is 1.71. The highest BCUT2D eigenvalue weighted by atomic mass is 16.5. The van der Waals surface area contributed by atoms with Crippen LogP contribution in [0.4, 0.5) is 5.69 Å². The molecule has 0 spiro atoms. The highest BCUT2D eigenvalue weighted by molar-refractivity contribution is 5.93. The van der Waals surface area contributed by atoms with Gasteiger partial charge in [-0.1, -0.05) is 18.2 Å². The molecule has 0 bridgehead atoms. The van der Waals surface area contributed by atoms with Gasteiger partial charge in [-0.2, -0.15) is 0 Å². The van der Waals surface area contributed by atoms with Crippen LogP contribution in [0.5, 0.6) is 0 Å². The summed E-state index contributed by atoms with van der Waals surface area (Å²) in [5.74, 6) is -0.131. The first-order valence-corrected chi connectivity index (χ1v) is 4.12. The normalized spacial score (nSPS) is 12.2. The van der Waals surface area contributed by atoms with Gasteiger partial charge in [-0.15, -0.1) is 0 Å². The second-order valence-electron chi connectivity index (χ2n) is 2.73. The molecule has 70 valence electrons. The maximum Gasteiger partial charge on any atom is 0.253 e. The van der Waals surface area contributed by atoms with Gasteiger partial charge in [0.05, 0.1) is 0 Å². The van der Waals surface area contributed by atoms with Gasteiger partial charge >= 0.3 is 0 Å². The zero-order chi connectivity index (χ0) is 9.68. The van der Waals surface area contributed by atoms with Crippen molar-refractivity contribution >= 4 is 11.6 Å². The van der Waals surface area contributed by atoms with Crippen molar-refractivity contribution in [1.29, 1.82) is 0 Å². The number of carbonyl (C=O) groups excluding carboxylic acids is 1. The van der Waals surface area contributed by atoms with Gasteiger partial charge in [-0.25, -0.2) is 0 Å². The third-order valence-corrected chi connectivity index (χ3v) is 1.76. The minimum atomic E-state index is -0.416. The number of nitrogens with one attached hydrogen (secondary N) is 1. The van der Waals surface area contributed by atoms with Gasteiger partial charge < -0.3 is 10.1 Å². The quantitative estimate of drug-likeness (QED) is 0.766. The standard InChI is InChI=1S/C10H13NO2/c1-8(13-2)10(12)11-9-6-4-3-5-7-9/h3-8H,1-2H3,(H,11,12)/t8-/m1/s1. The second-order valence-corrected chi connectivity index (χ2v) is 2.73. The highest BCUT2D eigenvalue weighted by Gasteiger charge is 2.10. The van der Waals surface area contributed by atoms with Crippen molar-refractivity contribution in [3.63, 3.8) is 0 Å². The summed E-state index contributed by atoms with van der Waals surface area (Å²) >= 11 is 0. The van der Waals surface area contributed by atoms with Crippen molar-refractivity contribution in [2.75, 3.05) is 12.4 Å². The van der Waals surface area contributed by atoms with Gasteiger partial charge in [0, 0.05) is 12.8 Å². The van der Waals surface area contributed by atoms with Crippen molar-refractivity contribution in [2.24, 2.45) is 0 Å². The van der Waals surface area contributed by atoms with E-state index in [0.29, 0.717) is 0 Å². The first kappa shape index (κ1) is 9.74. The molecule has 1 atom stereocenters. The van der Waals surface area contributed by atoms with Gasteiger partial charge in [0.1, 0.15) is 6.10 Å². The van der Waals surface area contributed by atoms with Crippen LogP contribution in [-0.2, 0) is 9.53 Å². The van der Waals surface area contributed by atoms with Gasteiger partial charge in [0.15, 0.2) is 0 Å². The number of hydrogen-bond acceptors (Lipinski definition) is 2. The van der Waals surface area contributed by atoms with Crippen LogP contribution in [0.2, 0.25) is 0 Å². The summed E-state index contributed by atoms with van der Waals surface area (Å²) < 4.78 is 4.87. The summed E-state index contributed by atoms with van der Waals surface area (Å²) in [4.78, 5) is 11.3. The fourth-order valence-electron chi connectivity index (χ4n) is 0.872. The molecule has 1 N–H and O–H groups in total. The Morgan fingerprint density at radius 3 is 2.54 bits per heavy atom. The Morgan fingerprint density at radius 2 is 2.00 bits per heavy atom. The van der Waals surface area contributed by atoms with E-state index < -0.39 is 6.10 Å². The lowest BCUT2D eigenvalue weighted by atomic mass is 10.3. The van der Waals surface area contributed by atoms with Gasteiger partial charge in [-0.05, 0) is 19.1 Å². The van der Waals surface area contributed by atoms with E-state index in [4.69, 9.17) is 4.74 Å². The Hall–Kier alpha value is -1.35. The summed E-state index contributed by atoms with van der Waals surface area (Å²) in [7, 11) is 1.51. The van der Waals surface area contributed by atoms with Gasteiger partial charge in [0.2, 0.25) is 0 Å². The molecule has 0 fully saturated rings. The van der Waals surface area contributed by atoms with E-state index in [-0.39, 0.29) is 5.91 Å².